The van der Waals surface area contributed by atoms with Crippen molar-refractivity contribution in [2.75, 3.05) is 11.9 Å². The molecule has 150 valence electrons. The van der Waals surface area contributed by atoms with E-state index >= 15 is 0 Å². The third-order valence-corrected chi connectivity index (χ3v) is 5.32. The number of ether oxygens (including phenoxy) is 1. The van der Waals surface area contributed by atoms with Crippen molar-refractivity contribution in [2.24, 2.45) is 0 Å². The monoisotopic (exact) mass is 447 g/mol. The van der Waals surface area contributed by atoms with Crippen LogP contribution in [0.2, 0.25) is 0 Å². The molecule has 2 aromatic rings. The van der Waals surface area contributed by atoms with E-state index in [-0.39, 0.29) is 5.97 Å². The Kier molecular flexibility index (Phi) is 7.19. The summed E-state index contributed by atoms with van der Waals surface area (Å²) in [6.45, 7) is 4.48. The number of esters is 1. The summed E-state index contributed by atoms with van der Waals surface area (Å²) in [5.41, 5.74) is 2.15. The molecule has 7 nitrogen and oxygen atoms in total. The summed E-state index contributed by atoms with van der Waals surface area (Å²) in [6.07, 6.45) is 6.88. The SMILES string of the molecule is CCCCCCCCOC(=O)C1=C(C)Nc2nnnn2[C@H]1c1cccc(Br)c1. The standard InChI is InChI=1S/C20H26BrN5O2/c1-3-4-5-6-7-8-12-28-19(27)17-14(2)22-20-23-24-25-26(20)18(17)15-10-9-11-16(21)13-15/h9-11,13,18H,3-8,12H2,1-2H3,(H,22,23,25)/t18-/m0/s1. The first-order valence-electron chi connectivity index (χ1n) is 9.80. The highest BCUT2D eigenvalue weighted by Crippen LogP contribution is 2.35. The number of carbonyl (C=O) groups is 1. The number of fused-ring (bicyclic) bond motifs is 1. The maximum atomic E-state index is 12.9. The highest BCUT2D eigenvalue weighted by molar-refractivity contribution is 9.10. The van der Waals surface area contributed by atoms with Crippen LogP contribution in [0.3, 0.4) is 0 Å². The van der Waals surface area contributed by atoms with Gasteiger partial charge in [0.05, 0.1) is 12.2 Å². The van der Waals surface area contributed by atoms with Crippen molar-refractivity contribution in [1.82, 2.24) is 20.2 Å². The Hall–Kier alpha value is -2.22. The van der Waals surface area contributed by atoms with Crippen molar-refractivity contribution in [2.45, 2.75) is 58.4 Å². The largest absolute Gasteiger partial charge is 0.462 e. The van der Waals surface area contributed by atoms with E-state index in [1.165, 1.54) is 25.7 Å². The second-order valence-electron chi connectivity index (χ2n) is 6.97. The molecule has 0 radical (unpaired) electrons. The van der Waals surface area contributed by atoms with E-state index < -0.39 is 6.04 Å². The molecular weight excluding hydrogens is 422 g/mol. The molecule has 0 unspecified atom stereocenters. The summed E-state index contributed by atoms with van der Waals surface area (Å²) in [5, 5.41) is 14.9. The average Bonchev–Trinajstić information content (AvgIpc) is 3.14. The topological polar surface area (TPSA) is 81.9 Å². The Morgan fingerprint density at radius 1 is 1.25 bits per heavy atom. The smallest absolute Gasteiger partial charge is 0.338 e. The molecule has 2 heterocycles. The van der Waals surface area contributed by atoms with Crippen LogP contribution in [-0.2, 0) is 9.53 Å². The molecule has 0 amide bonds. The number of tetrazole rings is 1. The van der Waals surface area contributed by atoms with Crippen molar-refractivity contribution in [3.05, 3.63) is 45.6 Å². The number of hydrogen-bond donors (Lipinski definition) is 1. The first-order chi connectivity index (χ1) is 13.6. The summed E-state index contributed by atoms with van der Waals surface area (Å²) in [7, 11) is 0. The molecule has 0 aliphatic carbocycles. The molecule has 0 bridgehead atoms. The Labute approximate surface area is 173 Å². The first-order valence-corrected chi connectivity index (χ1v) is 10.6. The second kappa shape index (κ2) is 9.82. The van der Waals surface area contributed by atoms with Crippen LogP contribution in [-0.4, -0.2) is 32.8 Å². The molecule has 0 fully saturated rings. The summed E-state index contributed by atoms with van der Waals surface area (Å²) in [5.74, 6) is 0.180. The van der Waals surface area contributed by atoms with Crippen LogP contribution < -0.4 is 5.32 Å². The van der Waals surface area contributed by atoms with Crippen molar-refractivity contribution in [3.63, 3.8) is 0 Å². The van der Waals surface area contributed by atoms with E-state index in [0.29, 0.717) is 23.8 Å². The highest BCUT2D eigenvalue weighted by Gasteiger charge is 2.34. The quantitative estimate of drug-likeness (QED) is 0.445. The molecule has 1 N–H and O–H groups in total. The number of halogens is 1. The normalized spacial score (nSPS) is 15.9. The van der Waals surface area contributed by atoms with Gasteiger partial charge >= 0.3 is 5.97 Å². The zero-order valence-electron chi connectivity index (χ0n) is 16.3. The maximum Gasteiger partial charge on any atom is 0.338 e. The van der Waals surface area contributed by atoms with E-state index in [0.717, 1.165) is 22.9 Å². The van der Waals surface area contributed by atoms with Gasteiger partial charge in [-0.1, -0.05) is 72.2 Å². The summed E-state index contributed by atoms with van der Waals surface area (Å²) in [4.78, 5) is 12.9. The molecule has 1 aromatic carbocycles. The van der Waals surface area contributed by atoms with Crippen LogP contribution in [0.4, 0.5) is 5.95 Å². The van der Waals surface area contributed by atoms with Crippen molar-refractivity contribution in [3.8, 4) is 0 Å². The second-order valence-corrected chi connectivity index (χ2v) is 7.89. The fourth-order valence-electron chi connectivity index (χ4n) is 3.39. The minimum Gasteiger partial charge on any atom is -0.462 e. The molecule has 8 heteroatoms. The minimum atomic E-state index is -0.430. The number of nitrogens with zero attached hydrogens (tertiary/aromatic N) is 4. The number of allylic oxidation sites excluding steroid dienone is 1. The number of aromatic nitrogens is 4. The van der Waals surface area contributed by atoms with Gasteiger partial charge in [-0.05, 0) is 41.5 Å². The predicted octanol–water partition coefficient (Wildman–Crippen LogP) is 4.63. The number of unbranched alkanes of at least 4 members (excludes halogenated alkanes) is 5. The summed E-state index contributed by atoms with van der Waals surface area (Å²) < 4.78 is 8.15. The zero-order valence-corrected chi connectivity index (χ0v) is 17.9. The minimum absolute atomic E-state index is 0.329. The lowest BCUT2D eigenvalue weighted by atomic mass is 9.96. The van der Waals surface area contributed by atoms with Crippen LogP contribution in [0.5, 0.6) is 0 Å². The van der Waals surface area contributed by atoms with E-state index in [1.807, 2.05) is 31.2 Å². The van der Waals surface area contributed by atoms with Gasteiger partial charge in [-0.2, -0.15) is 4.68 Å². The Morgan fingerprint density at radius 2 is 2.04 bits per heavy atom. The van der Waals surface area contributed by atoms with Crippen LogP contribution in [0.1, 0.15) is 64.0 Å². The van der Waals surface area contributed by atoms with Crippen molar-refractivity contribution >= 4 is 27.8 Å². The summed E-state index contributed by atoms with van der Waals surface area (Å²) in [6, 6.07) is 7.37. The molecule has 3 rings (SSSR count). The van der Waals surface area contributed by atoms with E-state index in [2.05, 4.69) is 43.7 Å². The van der Waals surface area contributed by atoms with Crippen LogP contribution in [0, 0.1) is 0 Å². The molecular formula is C20H26BrN5O2. The lowest BCUT2D eigenvalue weighted by molar-refractivity contribution is -0.139. The van der Waals surface area contributed by atoms with E-state index in [1.54, 1.807) is 4.68 Å². The Balaban J connectivity index is 1.73. The van der Waals surface area contributed by atoms with Gasteiger partial charge in [-0.3, -0.25) is 0 Å². The van der Waals surface area contributed by atoms with Crippen LogP contribution >= 0.6 is 15.9 Å². The number of carbonyl (C=O) groups excluding carboxylic acids is 1. The fraction of sp³-hybridized carbons (Fsp3) is 0.500. The van der Waals surface area contributed by atoms with Crippen LogP contribution in [0.15, 0.2) is 40.0 Å². The van der Waals surface area contributed by atoms with Crippen molar-refractivity contribution in [1.29, 1.82) is 0 Å². The zero-order chi connectivity index (χ0) is 19.9. The van der Waals surface area contributed by atoms with Gasteiger partial charge in [0.2, 0.25) is 5.95 Å². The van der Waals surface area contributed by atoms with Crippen LogP contribution in [0.25, 0.3) is 0 Å². The molecule has 0 spiro atoms. The molecule has 1 aliphatic rings. The molecule has 28 heavy (non-hydrogen) atoms. The Morgan fingerprint density at radius 3 is 2.82 bits per heavy atom. The highest BCUT2D eigenvalue weighted by atomic mass is 79.9. The Bertz CT molecular complexity index is 849. The predicted molar refractivity (Wildman–Crippen MR) is 111 cm³/mol. The fourth-order valence-corrected chi connectivity index (χ4v) is 3.80. The third kappa shape index (κ3) is 4.79. The molecule has 1 atom stereocenters. The molecule has 0 saturated heterocycles. The van der Waals surface area contributed by atoms with E-state index in [9.17, 15) is 4.79 Å². The lowest BCUT2D eigenvalue weighted by Crippen LogP contribution is -2.29. The maximum absolute atomic E-state index is 12.9. The third-order valence-electron chi connectivity index (χ3n) is 4.83. The average molecular weight is 448 g/mol. The van der Waals surface area contributed by atoms with Gasteiger partial charge in [-0.25, -0.2) is 4.79 Å². The molecule has 1 aliphatic heterocycles. The van der Waals surface area contributed by atoms with Gasteiger partial charge in [0.25, 0.3) is 0 Å². The van der Waals surface area contributed by atoms with Gasteiger partial charge in [0.15, 0.2) is 0 Å². The summed E-state index contributed by atoms with van der Waals surface area (Å²) >= 11 is 3.50. The molecule has 0 saturated carbocycles. The first kappa shape index (κ1) is 20.5. The van der Waals surface area contributed by atoms with Gasteiger partial charge in [0.1, 0.15) is 6.04 Å². The number of benzene rings is 1. The lowest BCUT2D eigenvalue weighted by Gasteiger charge is -2.27. The van der Waals surface area contributed by atoms with Crippen molar-refractivity contribution < 1.29 is 9.53 Å². The van der Waals surface area contributed by atoms with Gasteiger partial charge < -0.3 is 10.1 Å². The number of hydrogen-bond acceptors (Lipinski definition) is 6. The number of anilines is 1. The number of nitrogens with one attached hydrogen (secondary N) is 1. The van der Waals surface area contributed by atoms with E-state index in [4.69, 9.17) is 4.74 Å². The van der Waals surface area contributed by atoms with Gasteiger partial charge in [-0.15, -0.1) is 0 Å². The van der Waals surface area contributed by atoms with Gasteiger partial charge in [0, 0.05) is 10.2 Å². The number of rotatable bonds is 9. The molecule has 1 aromatic heterocycles.